The predicted molar refractivity (Wildman–Crippen MR) is 75.7 cm³/mol. The minimum Gasteiger partial charge on any atom is -0.318 e. The molecule has 0 radical (unpaired) electrons. The van der Waals surface area contributed by atoms with Gasteiger partial charge in [-0.05, 0) is 24.3 Å². The maximum atomic E-state index is 12.7. The van der Waals surface area contributed by atoms with E-state index < -0.39 is 28.6 Å². The van der Waals surface area contributed by atoms with Crippen LogP contribution in [0.5, 0.6) is 0 Å². The summed E-state index contributed by atoms with van der Waals surface area (Å²) < 4.78 is 38.2. The van der Waals surface area contributed by atoms with Gasteiger partial charge in [-0.1, -0.05) is 11.6 Å². The van der Waals surface area contributed by atoms with Gasteiger partial charge in [0, 0.05) is 18.1 Å². The number of rotatable bonds is 2. The molecule has 0 aliphatic carbocycles. The summed E-state index contributed by atoms with van der Waals surface area (Å²) in [6, 6.07) is 4.24. The SMILES string of the molecule is O=C(Nc1ccc(Cl)c(C(F)(F)F)c1)C(=O)Nc1ncccn1. The third-order valence-corrected chi connectivity index (χ3v) is 2.86. The van der Waals surface area contributed by atoms with E-state index in [4.69, 9.17) is 11.6 Å². The lowest BCUT2D eigenvalue weighted by atomic mass is 10.2. The van der Waals surface area contributed by atoms with E-state index in [1.807, 2.05) is 5.32 Å². The third kappa shape index (κ3) is 4.39. The van der Waals surface area contributed by atoms with E-state index in [-0.39, 0.29) is 11.6 Å². The molecule has 2 rings (SSSR count). The van der Waals surface area contributed by atoms with Crippen LogP contribution in [0, 0.1) is 0 Å². The summed E-state index contributed by atoms with van der Waals surface area (Å²) in [5.41, 5.74) is -1.35. The zero-order valence-electron chi connectivity index (χ0n) is 11.2. The minimum atomic E-state index is -4.68. The number of nitrogens with zero attached hydrogens (tertiary/aromatic N) is 2. The van der Waals surface area contributed by atoms with Crippen molar-refractivity contribution in [2.75, 3.05) is 10.6 Å². The maximum Gasteiger partial charge on any atom is 0.417 e. The maximum absolute atomic E-state index is 12.7. The number of benzene rings is 1. The van der Waals surface area contributed by atoms with E-state index >= 15 is 0 Å². The fourth-order valence-electron chi connectivity index (χ4n) is 1.53. The molecule has 0 saturated heterocycles. The van der Waals surface area contributed by atoms with Crippen LogP contribution in [-0.4, -0.2) is 21.8 Å². The van der Waals surface area contributed by atoms with Gasteiger partial charge in [-0.25, -0.2) is 9.97 Å². The number of amides is 2. The average Bonchev–Trinajstić information content (AvgIpc) is 2.49. The lowest BCUT2D eigenvalue weighted by Crippen LogP contribution is -2.29. The first kappa shape index (κ1) is 16.7. The number of aromatic nitrogens is 2. The third-order valence-electron chi connectivity index (χ3n) is 2.53. The van der Waals surface area contributed by atoms with Crippen LogP contribution in [0.25, 0.3) is 0 Å². The van der Waals surface area contributed by atoms with Crippen LogP contribution in [0.2, 0.25) is 5.02 Å². The smallest absolute Gasteiger partial charge is 0.318 e. The van der Waals surface area contributed by atoms with Gasteiger partial charge in [0.05, 0.1) is 10.6 Å². The molecule has 2 aromatic rings. The lowest BCUT2D eigenvalue weighted by molar-refractivity contribution is -0.137. The van der Waals surface area contributed by atoms with Crippen molar-refractivity contribution < 1.29 is 22.8 Å². The zero-order chi connectivity index (χ0) is 17.0. The molecule has 2 N–H and O–H groups in total. The second-order valence-corrected chi connectivity index (χ2v) is 4.58. The highest BCUT2D eigenvalue weighted by Crippen LogP contribution is 2.36. The van der Waals surface area contributed by atoms with Crippen molar-refractivity contribution in [3.63, 3.8) is 0 Å². The molecule has 0 saturated carbocycles. The molecule has 120 valence electrons. The Balaban J connectivity index is 2.10. The van der Waals surface area contributed by atoms with E-state index in [1.165, 1.54) is 18.5 Å². The van der Waals surface area contributed by atoms with E-state index in [9.17, 15) is 22.8 Å². The van der Waals surface area contributed by atoms with Crippen LogP contribution in [0.3, 0.4) is 0 Å². The Labute approximate surface area is 132 Å². The number of hydrogen-bond acceptors (Lipinski definition) is 4. The molecule has 2 amide bonds. The fourth-order valence-corrected chi connectivity index (χ4v) is 1.75. The van der Waals surface area contributed by atoms with Crippen molar-refractivity contribution >= 4 is 35.1 Å². The van der Waals surface area contributed by atoms with Crippen LogP contribution in [0.1, 0.15) is 5.56 Å². The largest absolute Gasteiger partial charge is 0.417 e. The van der Waals surface area contributed by atoms with Crippen LogP contribution in [0.4, 0.5) is 24.8 Å². The van der Waals surface area contributed by atoms with Crippen molar-refractivity contribution in [2.45, 2.75) is 6.18 Å². The molecular weight excluding hydrogens is 337 g/mol. The van der Waals surface area contributed by atoms with E-state index in [1.54, 1.807) is 0 Å². The number of hydrogen-bond donors (Lipinski definition) is 2. The normalized spacial score (nSPS) is 11.0. The highest BCUT2D eigenvalue weighted by molar-refractivity contribution is 6.43. The Morgan fingerprint density at radius 1 is 1.04 bits per heavy atom. The highest BCUT2D eigenvalue weighted by Gasteiger charge is 2.33. The summed E-state index contributed by atoms with van der Waals surface area (Å²) in [6.45, 7) is 0. The number of anilines is 2. The monoisotopic (exact) mass is 344 g/mol. The van der Waals surface area contributed by atoms with E-state index in [2.05, 4.69) is 15.3 Å². The van der Waals surface area contributed by atoms with E-state index in [0.717, 1.165) is 12.1 Å². The van der Waals surface area contributed by atoms with Gasteiger partial charge in [-0.2, -0.15) is 13.2 Å². The summed E-state index contributed by atoms with van der Waals surface area (Å²) in [4.78, 5) is 30.6. The van der Waals surface area contributed by atoms with Crippen molar-refractivity contribution in [1.29, 1.82) is 0 Å². The molecule has 10 heteroatoms. The first-order valence-electron chi connectivity index (χ1n) is 6.03. The minimum absolute atomic E-state index is 0.111. The Morgan fingerprint density at radius 3 is 2.26 bits per heavy atom. The lowest BCUT2D eigenvalue weighted by Gasteiger charge is -2.11. The quantitative estimate of drug-likeness (QED) is 0.820. The molecule has 0 aliphatic heterocycles. The number of carbonyl (C=O) groups is 2. The number of alkyl halides is 3. The Hall–Kier alpha value is -2.68. The molecule has 0 fully saturated rings. The molecule has 0 unspecified atom stereocenters. The van der Waals surface area contributed by atoms with Gasteiger partial charge in [0.2, 0.25) is 5.95 Å². The summed E-state index contributed by atoms with van der Waals surface area (Å²) in [5, 5.41) is 3.62. The summed E-state index contributed by atoms with van der Waals surface area (Å²) in [7, 11) is 0. The van der Waals surface area contributed by atoms with Crippen LogP contribution < -0.4 is 10.6 Å². The topological polar surface area (TPSA) is 84.0 Å². The standard InChI is InChI=1S/C13H8ClF3N4O2/c14-9-3-2-7(6-8(9)13(15,16)17)20-10(22)11(23)21-12-18-4-1-5-19-12/h1-6H,(H,20,22)(H,18,19,21,23). The van der Waals surface area contributed by atoms with Gasteiger partial charge in [-0.15, -0.1) is 0 Å². The number of carbonyl (C=O) groups excluding carboxylic acids is 2. The number of nitrogens with one attached hydrogen (secondary N) is 2. The van der Waals surface area contributed by atoms with Crippen molar-refractivity contribution in [3.8, 4) is 0 Å². The number of halogens is 4. The van der Waals surface area contributed by atoms with E-state index in [0.29, 0.717) is 6.07 Å². The first-order valence-corrected chi connectivity index (χ1v) is 6.41. The molecule has 1 aromatic carbocycles. The second-order valence-electron chi connectivity index (χ2n) is 4.17. The van der Waals surface area contributed by atoms with Gasteiger partial charge in [-0.3, -0.25) is 14.9 Å². The van der Waals surface area contributed by atoms with Crippen molar-refractivity contribution in [1.82, 2.24) is 9.97 Å². The molecule has 1 heterocycles. The first-order chi connectivity index (χ1) is 10.8. The van der Waals surface area contributed by atoms with Crippen LogP contribution >= 0.6 is 11.6 Å². The molecule has 0 aliphatic rings. The summed E-state index contributed by atoms with van der Waals surface area (Å²) in [6.07, 6.45) is -2.00. The Morgan fingerprint density at radius 2 is 1.65 bits per heavy atom. The summed E-state index contributed by atoms with van der Waals surface area (Å²) >= 11 is 5.46. The van der Waals surface area contributed by atoms with Crippen LogP contribution in [0.15, 0.2) is 36.7 Å². The Kier molecular flexibility index (Phi) is 4.80. The average molecular weight is 345 g/mol. The summed E-state index contributed by atoms with van der Waals surface area (Å²) in [5.74, 6) is -2.41. The van der Waals surface area contributed by atoms with Gasteiger partial charge in [0.15, 0.2) is 0 Å². The molecular formula is C13H8ClF3N4O2. The van der Waals surface area contributed by atoms with Crippen molar-refractivity contribution in [3.05, 3.63) is 47.2 Å². The zero-order valence-corrected chi connectivity index (χ0v) is 11.9. The van der Waals surface area contributed by atoms with Gasteiger partial charge in [0.1, 0.15) is 0 Å². The molecule has 23 heavy (non-hydrogen) atoms. The predicted octanol–water partition coefficient (Wildman–Crippen LogP) is 2.73. The van der Waals surface area contributed by atoms with Gasteiger partial charge in [0.25, 0.3) is 0 Å². The van der Waals surface area contributed by atoms with Crippen molar-refractivity contribution in [2.24, 2.45) is 0 Å². The molecule has 0 spiro atoms. The fraction of sp³-hybridized carbons (Fsp3) is 0.0769. The molecule has 6 nitrogen and oxygen atoms in total. The van der Waals surface area contributed by atoms with Gasteiger partial charge < -0.3 is 5.32 Å². The van der Waals surface area contributed by atoms with Gasteiger partial charge >= 0.3 is 18.0 Å². The second kappa shape index (κ2) is 6.61. The molecule has 0 atom stereocenters. The molecule has 1 aromatic heterocycles. The highest BCUT2D eigenvalue weighted by atomic mass is 35.5. The van der Waals surface area contributed by atoms with Crippen LogP contribution in [-0.2, 0) is 15.8 Å². The molecule has 0 bridgehead atoms. The Bertz CT molecular complexity index is 738.